The van der Waals surface area contributed by atoms with E-state index in [1.54, 1.807) is 29.2 Å². The van der Waals surface area contributed by atoms with E-state index in [0.717, 1.165) is 31.7 Å². The summed E-state index contributed by atoms with van der Waals surface area (Å²) in [5, 5.41) is 9.14. The Morgan fingerprint density at radius 1 is 0.714 bits per heavy atom. The SMILES string of the molecule is N#Cc1cccc(C(=O)N2CC(N3CCN([C@H]4CCN(C(=O)c5cc(C(F)(F)F)cc(C(F)(F)F)c5)[C@H](Cc5ccccc5)C4)CC3)C2)c1. The number of hydrogen-bond acceptors (Lipinski definition) is 5. The van der Waals surface area contributed by atoms with Crippen molar-refractivity contribution in [1.29, 1.82) is 5.26 Å². The number of amides is 2. The molecule has 0 aromatic heterocycles. The maximum absolute atomic E-state index is 13.7. The fourth-order valence-corrected chi connectivity index (χ4v) is 7.18. The second-order valence-electron chi connectivity index (χ2n) is 12.9. The van der Waals surface area contributed by atoms with E-state index in [1.807, 2.05) is 30.3 Å². The van der Waals surface area contributed by atoms with E-state index in [2.05, 4.69) is 15.9 Å². The summed E-state index contributed by atoms with van der Waals surface area (Å²) in [4.78, 5) is 34.6. The molecule has 3 fully saturated rings. The van der Waals surface area contributed by atoms with E-state index < -0.39 is 41.0 Å². The van der Waals surface area contributed by atoms with E-state index in [9.17, 15) is 35.9 Å². The first-order valence-corrected chi connectivity index (χ1v) is 16.2. The van der Waals surface area contributed by atoms with Gasteiger partial charge in [0.05, 0.1) is 22.8 Å². The second kappa shape index (κ2) is 13.8. The highest BCUT2D eigenvalue weighted by atomic mass is 19.4. The molecule has 0 saturated carbocycles. The number of alkyl halides is 6. The van der Waals surface area contributed by atoms with E-state index in [0.29, 0.717) is 55.6 Å². The van der Waals surface area contributed by atoms with Crippen LogP contribution in [-0.2, 0) is 18.8 Å². The molecule has 3 aliphatic heterocycles. The lowest BCUT2D eigenvalue weighted by Crippen LogP contribution is -2.65. The average Bonchev–Trinajstić information content (AvgIpc) is 3.07. The van der Waals surface area contributed by atoms with Crippen LogP contribution < -0.4 is 0 Å². The minimum atomic E-state index is -5.05. The zero-order chi connectivity index (χ0) is 34.9. The summed E-state index contributed by atoms with van der Waals surface area (Å²) >= 11 is 0. The third-order valence-corrected chi connectivity index (χ3v) is 9.87. The summed E-state index contributed by atoms with van der Waals surface area (Å²) in [5.41, 5.74) is -1.80. The van der Waals surface area contributed by atoms with Crippen molar-refractivity contribution in [3.8, 4) is 6.07 Å². The van der Waals surface area contributed by atoms with Crippen molar-refractivity contribution >= 4 is 11.8 Å². The first-order valence-electron chi connectivity index (χ1n) is 16.2. The van der Waals surface area contributed by atoms with Crippen molar-refractivity contribution in [3.63, 3.8) is 0 Å². The van der Waals surface area contributed by atoms with Crippen molar-refractivity contribution in [2.24, 2.45) is 0 Å². The highest BCUT2D eigenvalue weighted by Crippen LogP contribution is 2.37. The first kappa shape index (κ1) is 34.5. The molecule has 3 aromatic carbocycles. The molecule has 0 N–H and O–H groups in total. The molecule has 3 aromatic rings. The smallest absolute Gasteiger partial charge is 0.335 e. The topological polar surface area (TPSA) is 70.9 Å². The Morgan fingerprint density at radius 3 is 1.92 bits per heavy atom. The molecule has 7 nitrogen and oxygen atoms in total. The summed E-state index contributed by atoms with van der Waals surface area (Å²) in [5.74, 6) is -0.943. The Morgan fingerprint density at radius 2 is 1.33 bits per heavy atom. The molecule has 49 heavy (non-hydrogen) atoms. The zero-order valence-electron chi connectivity index (χ0n) is 26.6. The number of hydrogen-bond donors (Lipinski definition) is 0. The van der Waals surface area contributed by atoms with Crippen molar-refractivity contribution in [3.05, 3.63) is 106 Å². The zero-order valence-corrected chi connectivity index (χ0v) is 26.6. The number of nitriles is 1. The molecule has 258 valence electrons. The summed E-state index contributed by atoms with van der Waals surface area (Å²) in [6.45, 7) is 4.47. The van der Waals surface area contributed by atoms with Crippen LogP contribution in [0.25, 0.3) is 0 Å². The van der Waals surface area contributed by atoms with Crippen LogP contribution in [0.5, 0.6) is 0 Å². The Labute approximate surface area is 280 Å². The molecular weight excluding hydrogens is 648 g/mol. The van der Waals surface area contributed by atoms with E-state index >= 15 is 0 Å². The van der Waals surface area contributed by atoms with Crippen molar-refractivity contribution in [1.82, 2.24) is 19.6 Å². The number of piperidine rings is 1. The molecule has 3 heterocycles. The van der Waals surface area contributed by atoms with Gasteiger partial charge in [-0.25, -0.2) is 0 Å². The van der Waals surface area contributed by atoms with Gasteiger partial charge in [0, 0.05) is 75.1 Å². The summed E-state index contributed by atoms with van der Waals surface area (Å²) in [7, 11) is 0. The van der Waals surface area contributed by atoms with Gasteiger partial charge in [0.25, 0.3) is 11.8 Å². The van der Waals surface area contributed by atoms with Gasteiger partial charge < -0.3 is 9.80 Å². The van der Waals surface area contributed by atoms with Crippen LogP contribution in [0.3, 0.4) is 0 Å². The van der Waals surface area contributed by atoms with Crippen molar-refractivity contribution in [2.75, 3.05) is 45.8 Å². The van der Waals surface area contributed by atoms with Gasteiger partial charge in [0.2, 0.25) is 0 Å². The Kier molecular flexibility index (Phi) is 9.73. The molecule has 0 spiro atoms. The van der Waals surface area contributed by atoms with Crippen molar-refractivity contribution < 1.29 is 35.9 Å². The minimum absolute atomic E-state index is 0.0394. The first-order chi connectivity index (χ1) is 23.3. The Hall–Kier alpha value is -4.41. The molecule has 2 amide bonds. The van der Waals surface area contributed by atoms with Crippen LogP contribution in [-0.4, -0.2) is 95.4 Å². The van der Waals surface area contributed by atoms with Gasteiger partial charge >= 0.3 is 12.4 Å². The molecule has 2 atom stereocenters. The predicted molar refractivity (Wildman–Crippen MR) is 168 cm³/mol. The van der Waals surface area contributed by atoms with Crippen LogP contribution in [0, 0.1) is 11.3 Å². The number of carbonyl (C=O) groups is 2. The number of carbonyl (C=O) groups excluding carboxylic acids is 2. The second-order valence-corrected chi connectivity index (χ2v) is 12.9. The summed E-state index contributed by atoms with van der Waals surface area (Å²) < 4.78 is 81.5. The number of halogens is 6. The van der Waals surface area contributed by atoms with Crippen molar-refractivity contribution in [2.45, 2.75) is 49.7 Å². The monoisotopic (exact) mass is 683 g/mol. The largest absolute Gasteiger partial charge is 0.416 e. The quantitative estimate of drug-likeness (QED) is 0.301. The molecule has 0 aliphatic carbocycles. The standard InChI is InChI=1S/C36H35F6N5O2/c37-35(38,39)28-17-27(18-29(19-28)36(40,41)42)34(49)47-10-9-30(20-31(47)16-24-5-2-1-3-6-24)44-11-13-45(14-12-44)32-22-46(23-32)33(48)26-8-4-7-25(15-26)21-43/h1-8,15,17-19,30-32H,9-14,16,20,22-23H2/t30-,31+/m0/s1. The maximum Gasteiger partial charge on any atom is 0.416 e. The number of likely N-dealkylation sites (tertiary alicyclic amines) is 2. The highest BCUT2D eigenvalue weighted by Gasteiger charge is 2.41. The Bertz CT molecular complexity index is 1680. The molecular formula is C36H35F6N5O2. The van der Waals surface area contributed by atoms with Gasteiger partial charge in [0.1, 0.15) is 0 Å². The maximum atomic E-state index is 13.7. The number of piperazine rings is 1. The van der Waals surface area contributed by atoms with E-state index in [1.165, 1.54) is 4.90 Å². The van der Waals surface area contributed by atoms with Gasteiger partial charge in [-0.1, -0.05) is 36.4 Å². The van der Waals surface area contributed by atoms with Crippen LogP contribution in [0.15, 0.2) is 72.8 Å². The average molecular weight is 684 g/mol. The lowest BCUT2D eigenvalue weighted by Gasteiger charge is -2.50. The minimum Gasteiger partial charge on any atom is -0.335 e. The molecule has 0 radical (unpaired) electrons. The van der Waals surface area contributed by atoms with Gasteiger partial charge in [0.15, 0.2) is 0 Å². The third-order valence-electron chi connectivity index (χ3n) is 9.87. The van der Waals surface area contributed by atoms with Crippen LogP contribution in [0.2, 0.25) is 0 Å². The van der Waals surface area contributed by atoms with E-state index in [-0.39, 0.29) is 30.6 Å². The number of nitrogens with zero attached hydrogens (tertiary/aromatic N) is 5. The fourth-order valence-electron chi connectivity index (χ4n) is 7.18. The van der Waals surface area contributed by atoms with Gasteiger partial charge in [-0.05, 0) is 61.2 Å². The molecule has 3 saturated heterocycles. The van der Waals surface area contributed by atoms with Crippen LogP contribution in [0.1, 0.15) is 55.8 Å². The molecule has 0 unspecified atom stereocenters. The molecule has 6 rings (SSSR count). The van der Waals surface area contributed by atoms with Gasteiger partial charge in [-0.2, -0.15) is 31.6 Å². The molecule has 0 bridgehead atoms. The van der Waals surface area contributed by atoms with Gasteiger partial charge in [-0.3, -0.25) is 19.4 Å². The van der Waals surface area contributed by atoms with E-state index in [4.69, 9.17) is 5.26 Å². The lowest BCUT2D eigenvalue weighted by atomic mass is 9.90. The van der Waals surface area contributed by atoms with Crippen LogP contribution >= 0.6 is 0 Å². The van der Waals surface area contributed by atoms with Crippen LogP contribution in [0.4, 0.5) is 26.3 Å². The lowest BCUT2D eigenvalue weighted by molar-refractivity contribution is -0.143. The number of rotatable bonds is 6. The number of benzene rings is 3. The fraction of sp³-hybridized carbons (Fsp3) is 0.417. The predicted octanol–water partition coefficient (Wildman–Crippen LogP) is 5.95. The third kappa shape index (κ3) is 7.76. The Balaban J connectivity index is 1.11. The summed E-state index contributed by atoms with van der Waals surface area (Å²) in [6, 6.07) is 19.0. The molecule has 3 aliphatic rings. The summed E-state index contributed by atoms with van der Waals surface area (Å²) in [6.07, 6.45) is -8.62. The van der Waals surface area contributed by atoms with Gasteiger partial charge in [-0.15, -0.1) is 0 Å². The normalized spacial score (nSPS) is 21.2. The highest BCUT2D eigenvalue weighted by molar-refractivity contribution is 5.95. The molecule has 13 heteroatoms.